The molecule has 0 aliphatic heterocycles. The average Bonchev–Trinajstić information content (AvgIpc) is 3.24. The van der Waals surface area contributed by atoms with Gasteiger partial charge in [0.2, 0.25) is 5.91 Å². The first-order chi connectivity index (χ1) is 15.1. The van der Waals surface area contributed by atoms with E-state index in [-0.39, 0.29) is 23.1 Å². The van der Waals surface area contributed by atoms with Crippen molar-refractivity contribution in [1.82, 2.24) is 5.43 Å². The van der Waals surface area contributed by atoms with Gasteiger partial charge in [0.15, 0.2) is 0 Å². The Kier molecular flexibility index (Phi) is 6.80. The van der Waals surface area contributed by atoms with Crippen LogP contribution in [-0.4, -0.2) is 25.1 Å². The second-order valence-corrected chi connectivity index (χ2v) is 8.03. The number of benzene rings is 2. The van der Waals surface area contributed by atoms with Gasteiger partial charge in [-0.3, -0.25) is 9.35 Å². The highest BCUT2D eigenvalue weighted by Crippen LogP contribution is 2.36. The highest BCUT2D eigenvalue weighted by molar-refractivity contribution is 7.86. The minimum Gasteiger partial charge on any atom is -0.469 e. The Balaban J connectivity index is 1.89. The maximum Gasteiger partial charge on any atom is 0.416 e. The summed E-state index contributed by atoms with van der Waals surface area (Å²) in [6.45, 7) is 0. The fourth-order valence-electron chi connectivity index (χ4n) is 2.92. The summed E-state index contributed by atoms with van der Waals surface area (Å²) in [4.78, 5) is 11.2. The van der Waals surface area contributed by atoms with E-state index in [4.69, 9.17) is 4.42 Å². The van der Waals surface area contributed by atoms with Gasteiger partial charge in [0.1, 0.15) is 10.7 Å². The number of nitrogens with one attached hydrogen (secondary N) is 1. The summed E-state index contributed by atoms with van der Waals surface area (Å²) in [7, 11) is -4.81. The number of alkyl halides is 3. The second-order valence-electron chi connectivity index (χ2n) is 6.64. The standard InChI is InChI=1S/C21H17F3N2O5S/c22-21(23,24)15-7-9-19(32(28,29)30)18(12-15)17-6-2-1-4-14(17)13-25-26-20(27)10-8-16-5-3-11-31-16/h1-7,9,11-13H,8,10H2,(H,26,27)(H,28,29,30)/b25-13-. The van der Waals surface area contributed by atoms with Crippen molar-refractivity contribution in [3.05, 3.63) is 77.7 Å². The Morgan fingerprint density at radius 3 is 2.50 bits per heavy atom. The van der Waals surface area contributed by atoms with Crippen molar-refractivity contribution in [3.63, 3.8) is 0 Å². The lowest BCUT2D eigenvalue weighted by molar-refractivity contribution is -0.137. The predicted octanol–water partition coefficient (Wildman–Crippen LogP) is 4.30. The lowest BCUT2D eigenvalue weighted by Crippen LogP contribution is -2.17. The topological polar surface area (TPSA) is 109 Å². The molecule has 3 aromatic rings. The molecule has 0 unspecified atom stereocenters. The molecule has 0 spiro atoms. The van der Waals surface area contributed by atoms with Gasteiger partial charge in [0, 0.05) is 24.0 Å². The molecule has 11 heteroatoms. The van der Waals surface area contributed by atoms with Crippen LogP contribution in [0.15, 0.2) is 75.3 Å². The molecule has 0 saturated heterocycles. The maximum absolute atomic E-state index is 13.2. The van der Waals surface area contributed by atoms with Crippen LogP contribution in [0.25, 0.3) is 11.1 Å². The fourth-order valence-corrected chi connectivity index (χ4v) is 3.60. The molecule has 1 amide bonds. The lowest BCUT2D eigenvalue weighted by atomic mass is 9.98. The van der Waals surface area contributed by atoms with E-state index < -0.39 is 32.7 Å². The first-order valence-corrected chi connectivity index (χ1v) is 10.6. The molecule has 0 radical (unpaired) electrons. The summed E-state index contributed by atoms with van der Waals surface area (Å²) >= 11 is 0. The molecule has 2 aromatic carbocycles. The van der Waals surface area contributed by atoms with E-state index >= 15 is 0 Å². The number of carbonyl (C=O) groups is 1. The molecule has 0 atom stereocenters. The Morgan fingerprint density at radius 2 is 1.84 bits per heavy atom. The van der Waals surface area contributed by atoms with E-state index in [2.05, 4.69) is 10.5 Å². The quantitative estimate of drug-likeness (QED) is 0.307. The number of hydrazone groups is 1. The van der Waals surface area contributed by atoms with Crippen molar-refractivity contribution in [2.24, 2.45) is 5.10 Å². The van der Waals surface area contributed by atoms with Crippen molar-refractivity contribution in [2.75, 3.05) is 0 Å². The van der Waals surface area contributed by atoms with Crippen molar-refractivity contribution in [1.29, 1.82) is 0 Å². The average molecular weight is 466 g/mol. The second kappa shape index (κ2) is 9.37. The zero-order valence-electron chi connectivity index (χ0n) is 16.3. The van der Waals surface area contributed by atoms with E-state index in [0.717, 1.165) is 0 Å². The summed E-state index contributed by atoms with van der Waals surface area (Å²) in [5.41, 5.74) is 1.15. The van der Waals surface area contributed by atoms with Gasteiger partial charge in [-0.2, -0.15) is 26.7 Å². The third kappa shape index (κ3) is 5.83. The lowest BCUT2D eigenvalue weighted by Gasteiger charge is -2.14. The molecule has 0 aliphatic rings. The number of furan rings is 1. The first kappa shape index (κ1) is 23.2. The molecule has 0 aliphatic carbocycles. The molecule has 1 heterocycles. The monoisotopic (exact) mass is 466 g/mol. The summed E-state index contributed by atoms with van der Waals surface area (Å²) in [5.74, 6) is 0.199. The summed E-state index contributed by atoms with van der Waals surface area (Å²) in [6, 6.07) is 11.2. The number of halogens is 3. The molecule has 0 bridgehead atoms. The molecule has 0 fully saturated rings. The van der Waals surface area contributed by atoms with Crippen LogP contribution < -0.4 is 5.43 Å². The van der Waals surface area contributed by atoms with E-state index in [9.17, 15) is 30.9 Å². The molecule has 2 N–H and O–H groups in total. The molecule has 3 rings (SSSR count). The number of hydrogen-bond donors (Lipinski definition) is 2. The third-order valence-electron chi connectivity index (χ3n) is 4.41. The minimum absolute atomic E-state index is 0.0693. The molecule has 32 heavy (non-hydrogen) atoms. The van der Waals surface area contributed by atoms with Crippen molar-refractivity contribution < 1.29 is 35.4 Å². The van der Waals surface area contributed by atoms with Gasteiger partial charge in [0.05, 0.1) is 18.0 Å². The Morgan fingerprint density at radius 1 is 1.09 bits per heavy atom. The van der Waals surface area contributed by atoms with Crippen LogP contribution >= 0.6 is 0 Å². The van der Waals surface area contributed by atoms with Crippen LogP contribution in [0.2, 0.25) is 0 Å². The van der Waals surface area contributed by atoms with Crippen LogP contribution in [0, 0.1) is 0 Å². The molecular weight excluding hydrogens is 449 g/mol. The molecule has 168 valence electrons. The first-order valence-electron chi connectivity index (χ1n) is 9.18. The highest BCUT2D eigenvalue weighted by Gasteiger charge is 2.32. The Labute approximate surface area is 181 Å². The van der Waals surface area contributed by atoms with Crippen LogP contribution in [-0.2, 0) is 27.5 Å². The van der Waals surface area contributed by atoms with Gasteiger partial charge in [-0.25, -0.2) is 5.43 Å². The van der Waals surface area contributed by atoms with Gasteiger partial charge in [-0.1, -0.05) is 24.3 Å². The summed E-state index contributed by atoms with van der Waals surface area (Å²) < 4.78 is 77.7. The van der Waals surface area contributed by atoms with Crippen LogP contribution in [0.3, 0.4) is 0 Å². The van der Waals surface area contributed by atoms with E-state index in [0.29, 0.717) is 30.4 Å². The molecule has 0 saturated carbocycles. The smallest absolute Gasteiger partial charge is 0.416 e. The number of amides is 1. The van der Waals surface area contributed by atoms with Crippen LogP contribution in [0.5, 0.6) is 0 Å². The largest absolute Gasteiger partial charge is 0.469 e. The zero-order chi connectivity index (χ0) is 23.4. The third-order valence-corrected chi connectivity index (χ3v) is 5.32. The number of carbonyl (C=O) groups excluding carboxylic acids is 1. The summed E-state index contributed by atoms with van der Waals surface area (Å²) in [6.07, 6.45) is -1.62. The predicted molar refractivity (Wildman–Crippen MR) is 109 cm³/mol. The van der Waals surface area contributed by atoms with Gasteiger partial charge < -0.3 is 4.42 Å². The van der Waals surface area contributed by atoms with E-state index in [1.807, 2.05) is 0 Å². The molecular formula is C21H17F3N2O5S. The Hall–Kier alpha value is -3.44. The van der Waals surface area contributed by atoms with Crippen LogP contribution in [0.4, 0.5) is 13.2 Å². The van der Waals surface area contributed by atoms with Gasteiger partial charge in [-0.05, 0) is 35.9 Å². The SMILES string of the molecule is O=C(CCc1ccco1)N/N=C\c1ccccc1-c1cc(C(F)(F)F)ccc1S(=O)(=O)O. The maximum atomic E-state index is 13.2. The van der Waals surface area contributed by atoms with Crippen molar-refractivity contribution in [3.8, 4) is 11.1 Å². The van der Waals surface area contributed by atoms with Gasteiger partial charge in [-0.15, -0.1) is 0 Å². The summed E-state index contributed by atoms with van der Waals surface area (Å²) in [5, 5.41) is 3.80. The molecule has 1 aromatic heterocycles. The normalized spacial score (nSPS) is 12.2. The van der Waals surface area contributed by atoms with E-state index in [1.54, 1.807) is 18.2 Å². The number of hydrogen-bond acceptors (Lipinski definition) is 5. The van der Waals surface area contributed by atoms with Gasteiger partial charge in [0.25, 0.3) is 10.1 Å². The fraction of sp³-hybridized carbons (Fsp3) is 0.143. The number of nitrogens with zero attached hydrogens (tertiary/aromatic N) is 1. The number of rotatable bonds is 7. The highest BCUT2D eigenvalue weighted by atomic mass is 32.2. The number of aryl methyl sites for hydroxylation is 1. The zero-order valence-corrected chi connectivity index (χ0v) is 17.2. The minimum atomic E-state index is -4.81. The van der Waals surface area contributed by atoms with Crippen molar-refractivity contribution in [2.45, 2.75) is 23.9 Å². The van der Waals surface area contributed by atoms with Gasteiger partial charge >= 0.3 is 6.18 Å². The Bertz CT molecular complexity index is 1240. The van der Waals surface area contributed by atoms with Crippen LogP contribution in [0.1, 0.15) is 23.3 Å². The van der Waals surface area contributed by atoms with E-state index in [1.165, 1.54) is 30.7 Å². The molecule has 7 nitrogen and oxygen atoms in total. The van der Waals surface area contributed by atoms with Crippen molar-refractivity contribution >= 4 is 22.2 Å².